The number of aryl methyl sites for hydroxylation is 1. The number of hydrogen-bond acceptors (Lipinski definition) is 6. The first kappa shape index (κ1) is 14.1. The van der Waals surface area contributed by atoms with Crippen molar-refractivity contribution in [2.75, 3.05) is 11.5 Å². The monoisotopic (exact) mass is 317 g/mol. The van der Waals surface area contributed by atoms with Crippen molar-refractivity contribution in [3.8, 4) is 16.9 Å². The molecule has 0 saturated heterocycles. The molecular formula is C17H15N7. The molecule has 7 nitrogen and oxygen atoms in total. The molecular weight excluding hydrogens is 302 g/mol. The molecule has 0 saturated carbocycles. The first-order valence-electron chi connectivity index (χ1n) is 7.43. The second-order valence-electron chi connectivity index (χ2n) is 5.58. The van der Waals surface area contributed by atoms with Gasteiger partial charge in [-0.2, -0.15) is 4.98 Å². The van der Waals surface area contributed by atoms with Crippen LogP contribution in [0.15, 0.2) is 48.7 Å². The number of rotatable bonds is 2. The summed E-state index contributed by atoms with van der Waals surface area (Å²) in [4.78, 5) is 8.18. The number of fused-ring (bicyclic) bond motifs is 1. The Morgan fingerprint density at radius 2 is 1.75 bits per heavy atom. The van der Waals surface area contributed by atoms with Crippen LogP contribution < -0.4 is 11.5 Å². The maximum Gasteiger partial charge on any atom is 0.222 e. The highest BCUT2D eigenvalue weighted by molar-refractivity contribution is 5.92. The molecule has 0 aliphatic heterocycles. The fraction of sp³-hybridized carbons (Fsp3) is 0.0588. The van der Waals surface area contributed by atoms with E-state index in [1.807, 2.05) is 55.6 Å². The second kappa shape index (κ2) is 5.31. The molecule has 0 amide bonds. The van der Waals surface area contributed by atoms with Gasteiger partial charge < -0.3 is 11.5 Å². The average molecular weight is 317 g/mol. The van der Waals surface area contributed by atoms with Gasteiger partial charge in [-0.1, -0.05) is 29.0 Å². The lowest BCUT2D eigenvalue weighted by Crippen LogP contribution is -2.00. The minimum atomic E-state index is 0.165. The zero-order valence-electron chi connectivity index (χ0n) is 13.0. The van der Waals surface area contributed by atoms with E-state index in [1.165, 1.54) is 5.56 Å². The SMILES string of the molecule is Cc1ccc(-n2cc(-c3ccc4nc(N)nc(N)c4c3)nn2)cc1. The normalized spacial score (nSPS) is 11.0. The van der Waals surface area contributed by atoms with Crippen LogP contribution in [0.25, 0.3) is 27.8 Å². The van der Waals surface area contributed by atoms with Crippen LogP contribution in [0.2, 0.25) is 0 Å². The molecule has 7 heteroatoms. The van der Waals surface area contributed by atoms with Gasteiger partial charge in [-0.25, -0.2) is 9.67 Å². The van der Waals surface area contributed by atoms with E-state index in [2.05, 4.69) is 20.3 Å². The van der Waals surface area contributed by atoms with Gasteiger partial charge in [0.2, 0.25) is 5.95 Å². The fourth-order valence-corrected chi connectivity index (χ4v) is 2.55. The molecule has 0 unspecified atom stereocenters. The highest BCUT2D eigenvalue weighted by Gasteiger charge is 2.09. The second-order valence-corrected chi connectivity index (χ2v) is 5.58. The molecule has 2 heterocycles. The van der Waals surface area contributed by atoms with E-state index in [0.29, 0.717) is 11.3 Å². The van der Waals surface area contributed by atoms with Gasteiger partial charge in [0.05, 0.1) is 17.4 Å². The Morgan fingerprint density at radius 3 is 2.54 bits per heavy atom. The lowest BCUT2D eigenvalue weighted by molar-refractivity contribution is 0.803. The summed E-state index contributed by atoms with van der Waals surface area (Å²) < 4.78 is 1.74. The van der Waals surface area contributed by atoms with Crippen LogP contribution in [-0.2, 0) is 0 Å². The Morgan fingerprint density at radius 1 is 0.958 bits per heavy atom. The molecule has 0 aliphatic rings. The van der Waals surface area contributed by atoms with Crippen molar-refractivity contribution in [2.45, 2.75) is 6.92 Å². The van der Waals surface area contributed by atoms with Gasteiger partial charge in [-0.3, -0.25) is 0 Å². The third kappa shape index (κ3) is 2.41. The van der Waals surface area contributed by atoms with Crippen LogP contribution >= 0.6 is 0 Å². The topological polar surface area (TPSA) is 109 Å². The predicted octanol–water partition coefficient (Wildman–Crippen LogP) is 2.35. The van der Waals surface area contributed by atoms with Crippen molar-refractivity contribution in [3.63, 3.8) is 0 Å². The number of aromatic nitrogens is 5. The van der Waals surface area contributed by atoms with Gasteiger partial charge in [0, 0.05) is 10.9 Å². The number of anilines is 2. The number of nitrogens with two attached hydrogens (primary N) is 2. The van der Waals surface area contributed by atoms with E-state index < -0.39 is 0 Å². The Bertz CT molecular complexity index is 1030. The maximum atomic E-state index is 5.94. The molecule has 4 aromatic rings. The summed E-state index contributed by atoms with van der Waals surface area (Å²) >= 11 is 0. The van der Waals surface area contributed by atoms with Crippen LogP contribution in [0.5, 0.6) is 0 Å². The van der Waals surface area contributed by atoms with Crippen molar-refractivity contribution in [2.24, 2.45) is 0 Å². The van der Waals surface area contributed by atoms with Crippen LogP contribution in [0, 0.1) is 6.92 Å². The smallest absolute Gasteiger partial charge is 0.222 e. The highest BCUT2D eigenvalue weighted by Crippen LogP contribution is 2.25. The van der Waals surface area contributed by atoms with Gasteiger partial charge in [0.15, 0.2) is 0 Å². The quantitative estimate of drug-likeness (QED) is 0.587. The molecule has 0 spiro atoms. The Balaban J connectivity index is 1.76. The van der Waals surface area contributed by atoms with Gasteiger partial charge in [-0.05, 0) is 31.2 Å². The van der Waals surface area contributed by atoms with Crippen LogP contribution in [0.1, 0.15) is 5.56 Å². The van der Waals surface area contributed by atoms with Gasteiger partial charge in [-0.15, -0.1) is 5.10 Å². The number of nitrogens with zero attached hydrogens (tertiary/aromatic N) is 5. The van der Waals surface area contributed by atoms with Crippen LogP contribution in [0.3, 0.4) is 0 Å². The summed E-state index contributed by atoms with van der Waals surface area (Å²) in [7, 11) is 0. The third-order valence-corrected chi connectivity index (χ3v) is 3.83. The van der Waals surface area contributed by atoms with E-state index >= 15 is 0 Å². The number of hydrogen-bond donors (Lipinski definition) is 2. The highest BCUT2D eigenvalue weighted by atomic mass is 15.4. The van der Waals surface area contributed by atoms with E-state index in [-0.39, 0.29) is 5.95 Å². The van der Waals surface area contributed by atoms with Crippen molar-refractivity contribution in [3.05, 3.63) is 54.2 Å². The summed E-state index contributed by atoms with van der Waals surface area (Å²) in [6.07, 6.45) is 1.88. The first-order valence-corrected chi connectivity index (χ1v) is 7.43. The van der Waals surface area contributed by atoms with Crippen molar-refractivity contribution in [1.82, 2.24) is 25.0 Å². The van der Waals surface area contributed by atoms with Crippen LogP contribution in [0.4, 0.5) is 11.8 Å². The summed E-state index contributed by atoms with van der Waals surface area (Å²) in [6, 6.07) is 13.7. The Kier molecular flexibility index (Phi) is 3.13. The lowest BCUT2D eigenvalue weighted by Gasteiger charge is -2.04. The molecule has 2 aromatic heterocycles. The predicted molar refractivity (Wildman–Crippen MR) is 93.5 cm³/mol. The van der Waals surface area contributed by atoms with Gasteiger partial charge in [0.1, 0.15) is 11.5 Å². The lowest BCUT2D eigenvalue weighted by atomic mass is 10.1. The molecule has 0 atom stereocenters. The van der Waals surface area contributed by atoms with E-state index in [9.17, 15) is 0 Å². The Labute approximate surface area is 138 Å². The summed E-state index contributed by atoms with van der Waals surface area (Å²) in [5.74, 6) is 0.517. The van der Waals surface area contributed by atoms with Crippen LogP contribution in [-0.4, -0.2) is 25.0 Å². The van der Waals surface area contributed by atoms with Crippen molar-refractivity contribution in [1.29, 1.82) is 0 Å². The van der Waals surface area contributed by atoms with Crippen molar-refractivity contribution < 1.29 is 0 Å². The standard InChI is InChI=1S/C17H15N7/c1-10-2-5-12(6-3-10)24-9-15(22-23-24)11-4-7-14-13(8-11)16(18)21-17(19)20-14/h2-9H,1H3,(H4,18,19,20,21). The third-order valence-electron chi connectivity index (χ3n) is 3.83. The first-order chi connectivity index (χ1) is 11.6. The largest absolute Gasteiger partial charge is 0.383 e. The van der Waals surface area contributed by atoms with E-state index in [1.54, 1.807) is 4.68 Å². The molecule has 0 aliphatic carbocycles. The molecule has 2 aromatic carbocycles. The van der Waals surface area contributed by atoms with Gasteiger partial charge in [0.25, 0.3) is 0 Å². The number of benzene rings is 2. The molecule has 0 fully saturated rings. The maximum absolute atomic E-state index is 5.94. The molecule has 4 rings (SSSR count). The zero-order chi connectivity index (χ0) is 16.7. The minimum Gasteiger partial charge on any atom is -0.383 e. The van der Waals surface area contributed by atoms with E-state index in [0.717, 1.165) is 22.3 Å². The molecule has 0 radical (unpaired) electrons. The fourth-order valence-electron chi connectivity index (χ4n) is 2.55. The minimum absolute atomic E-state index is 0.165. The summed E-state index contributed by atoms with van der Waals surface area (Å²) in [5, 5.41) is 9.18. The van der Waals surface area contributed by atoms with Gasteiger partial charge >= 0.3 is 0 Å². The molecule has 118 valence electrons. The zero-order valence-corrected chi connectivity index (χ0v) is 13.0. The number of nitrogen functional groups attached to an aromatic ring is 2. The molecule has 4 N–H and O–H groups in total. The summed E-state index contributed by atoms with van der Waals surface area (Å²) in [6.45, 7) is 2.05. The average Bonchev–Trinajstić information content (AvgIpc) is 3.05. The molecule has 0 bridgehead atoms. The van der Waals surface area contributed by atoms with Crippen molar-refractivity contribution >= 4 is 22.7 Å². The Hall–Kier alpha value is -3.48. The summed E-state index contributed by atoms with van der Waals surface area (Å²) in [5.41, 5.74) is 16.1. The van der Waals surface area contributed by atoms with E-state index in [4.69, 9.17) is 11.5 Å². The molecule has 24 heavy (non-hydrogen) atoms.